The number of imidazole rings is 1. The molecule has 124 valence electrons. The summed E-state index contributed by atoms with van der Waals surface area (Å²) in [5.41, 5.74) is 4.43. The molecule has 0 radical (unpaired) electrons. The molecule has 0 aliphatic heterocycles. The van der Waals surface area contributed by atoms with E-state index in [-0.39, 0.29) is 5.82 Å². The van der Waals surface area contributed by atoms with Crippen LogP contribution in [0.1, 0.15) is 17.8 Å². The smallest absolute Gasteiger partial charge is 0.123 e. The highest BCUT2D eigenvalue weighted by atomic mass is 19.1. The van der Waals surface area contributed by atoms with E-state index in [9.17, 15) is 4.39 Å². The van der Waals surface area contributed by atoms with E-state index >= 15 is 0 Å². The normalized spacial score (nSPS) is 10.8. The van der Waals surface area contributed by atoms with Crippen molar-refractivity contribution in [2.24, 2.45) is 0 Å². The summed E-state index contributed by atoms with van der Waals surface area (Å²) in [4.78, 5) is 4.24. The zero-order valence-corrected chi connectivity index (χ0v) is 14.1. The monoisotopic (exact) mass is 323 g/mol. The minimum absolute atomic E-state index is 0.211. The molecule has 1 aromatic heterocycles. The number of aryl methyl sites for hydroxylation is 3. The van der Waals surface area contributed by atoms with Crippen molar-refractivity contribution < 1.29 is 4.39 Å². The third-order valence-electron chi connectivity index (χ3n) is 4.22. The molecule has 1 N–H and O–H groups in total. The van der Waals surface area contributed by atoms with Crippen molar-refractivity contribution in [2.75, 3.05) is 11.9 Å². The number of nitrogens with one attached hydrogen (secondary N) is 1. The van der Waals surface area contributed by atoms with Crippen LogP contribution in [0.25, 0.3) is 11.1 Å². The average molecular weight is 323 g/mol. The molecule has 0 unspecified atom stereocenters. The lowest BCUT2D eigenvalue weighted by Crippen LogP contribution is -2.08. The van der Waals surface area contributed by atoms with Crippen LogP contribution in [0.15, 0.2) is 54.9 Å². The van der Waals surface area contributed by atoms with Gasteiger partial charge < -0.3 is 9.88 Å². The van der Waals surface area contributed by atoms with Crippen LogP contribution in [-0.2, 0) is 6.54 Å². The zero-order chi connectivity index (χ0) is 16.9. The third-order valence-corrected chi connectivity index (χ3v) is 4.22. The minimum atomic E-state index is -0.211. The first-order chi connectivity index (χ1) is 11.6. The van der Waals surface area contributed by atoms with E-state index in [2.05, 4.69) is 33.9 Å². The Morgan fingerprint density at radius 1 is 1.08 bits per heavy atom. The number of hydrogen-bond acceptors (Lipinski definition) is 2. The highest BCUT2D eigenvalue weighted by molar-refractivity contribution is 5.80. The van der Waals surface area contributed by atoms with Crippen molar-refractivity contribution in [3.8, 4) is 11.1 Å². The van der Waals surface area contributed by atoms with Crippen LogP contribution < -0.4 is 5.32 Å². The van der Waals surface area contributed by atoms with Crippen LogP contribution >= 0.6 is 0 Å². The molecule has 0 amide bonds. The molecule has 3 rings (SSSR count). The van der Waals surface area contributed by atoms with Crippen molar-refractivity contribution in [3.05, 3.63) is 72.1 Å². The van der Waals surface area contributed by atoms with Gasteiger partial charge in [-0.25, -0.2) is 9.37 Å². The Morgan fingerprint density at radius 2 is 1.88 bits per heavy atom. The molecule has 0 aliphatic carbocycles. The molecule has 0 spiro atoms. The van der Waals surface area contributed by atoms with Gasteiger partial charge in [0.15, 0.2) is 0 Å². The summed E-state index contributed by atoms with van der Waals surface area (Å²) >= 11 is 0. The lowest BCUT2D eigenvalue weighted by molar-refractivity contribution is 0.628. The quantitative estimate of drug-likeness (QED) is 0.660. The van der Waals surface area contributed by atoms with E-state index in [0.29, 0.717) is 0 Å². The molecule has 2 aromatic carbocycles. The van der Waals surface area contributed by atoms with Gasteiger partial charge in [-0.3, -0.25) is 0 Å². The topological polar surface area (TPSA) is 29.9 Å². The minimum Gasteiger partial charge on any atom is -0.384 e. The molecule has 3 aromatic rings. The van der Waals surface area contributed by atoms with Crippen LogP contribution in [0.3, 0.4) is 0 Å². The molecular weight excluding hydrogens is 301 g/mol. The molecule has 1 heterocycles. The van der Waals surface area contributed by atoms with Gasteiger partial charge >= 0.3 is 0 Å². The van der Waals surface area contributed by atoms with E-state index in [1.54, 1.807) is 0 Å². The zero-order valence-electron chi connectivity index (χ0n) is 14.1. The van der Waals surface area contributed by atoms with Crippen molar-refractivity contribution >= 4 is 5.69 Å². The predicted octanol–water partition coefficient (Wildman–Crippen LogP) is 4.81. The van der Waals surface area contributed by atoms with Crippen LogP contribution in [0, 0.1) is 19.7 Å². The first-order valence-corrected chi connectivity index (χ1v) is 8.22. The van der Waals surface area contributed by atoms with Gasteiger partial charge in [-0.05, 0) is 49.6 Å². The van der Waals surface area contributed by atoms with Crippen molar-refractivity contribution in [1.82, 2.24) is 9.55 Å². The maximum Gasteiger partial charge on any atom is 0.123 e. The van der Waals surface area contributed by atoms with Crippen LogP contribution in [-0.4, -0.2) is 16.1 Å². The molecule has 0 saturated heterocycles. The molecule has 3 nitrogen and oxygen atoms in total. The van der Waals surface area contributed by atoms with E-state index in [4.69, 9.17) is 0 Å². The molecule has 4 heteroatoms. The first kappa shape index (κ1) is 16.2. The average Bonchev–Trinajstić information content (AvgIpc) is 2.98. The summed E-state index contributed by atoms with van der Waals surface area (Å²) in [5.74, 6) is 0.829. The Balaban J connectivity index is 1.70. The molecule has 0 bridgehead atoms. The number of rotatable bonds is 6. The van der Waals surface area contributed by atoms with Crippen LogP contribution in [0.2, 0.25) is 0 Å². The summed E-state index contributed by atoms with van der Waals surface area (Å²) in [6.45, 7) is 5.91. The Bertz CT molecular complexity index is 806. The number of halogens is 1. The highest BCUT2D eigenvalue weighted by Crippen LogP contribution is 2.31. The number of hydrogen-bond donors (Lipinski definition) is 1. The first-order valence-electron chi connectivity index (χ1n) is 8.22. The molecule has 0 saturated carbocycles. The second kappa shape index (κ2) is 7.30. The Labute approximate surface area is 142 Å². The van der Waals surface area contributed by atoms with Crippen LogP contribution in [0.4, 0.5) is 10.1 Å². The summed E-state index contributed by atoms with van der Waals surface area (Å²) < 4.78 is 15.3. The summed E-state index contributed by atoms with van der Waals surface area (Å²) in [7, 11) is 0. The maximum absolute atomic E-state index is 13.2. The largest absolute Gasteiger partial charge is 0.384 e. The van der Waals surface area contributed by atoms with Gasteiger partial charge in [0, 0.05) is 36.7 Å². The number of benzene rings is 2. The maximum atomic E-state index is 13.2. The fourth-order valence-electron chi connectivity index (χ4n) is 2.93. The second-order valence-electron chi connectivity index (χ2n) is 5.95. The van der Waals surface area contributed by atoms with Gasteiger partial charge in [-0.1, -0.05) is 24.3 Å². The fraction of sp³-hybridized carbons (Fsp3) is 0.250. The van der Waals surface area contributed by atoms with Crippen molar-refractivity contribution in [2.45, 2.75) is 26.8 Å². The molecule has 24 heavy (non-hydrogen) atoms. The Kier molecular flexibility index (Phi) is 4.94. The number of nitrogens with zero attached hydrogens (tertiary/aromatic N) is 2. The summed E-state index contributed by atoms with van der Waals surface area (Å²) in [6.07, 6.45) is 4.84. The van der Waals surface area contributed by atoms with Gasteiger partial charge in [-0.15, -0.1) is 0 Å². The van der Waals surface area contributed by atoms with Crippen LogP contribution in [0.5, 0.6) is 0 Å². The van der Waals surface area contributed by atoms with E-state index in [1.807, 2.05) is 37.5 Å². The molecule has 0 aliphatic rings. The number of aromatic nitrogens is 2. The molecular formula is C20H22FN3. The Morgan fingerprint density at radius 3 is 2.58 bits per heavy atom. The summed E-state index contributed by atoms with van der Waals surface area (Å²) in [5, 5.41) is 3.52. The van der Waals surface area contributed by atoms with E-state index < -0.39 is 0 Å². The van der Waals surface area contributed by atoms with Crippen molar-refractivity contribution in [3.63, 3.8) is 0 Å². The standard InChI is InChI=1S/C20H22FN3/c1-15-5-3-6-19(20(15)17-7-9-18(21)10-8-17)23-11-4-13-24-14-12-22-16(24)2/h3,5-10,12,14,23H,4,11,13H2,1-2H3. The SMILES string of the molecule is Cc1cccc(NCCCn2ccnc2C)c1-c1ccc(F)cc1. The van der Waals surface area contributed by atoms with Crippen molar-refractivity contribution in [1.29, 1.82) is 0 Å². The summed E-state index contributed by atoms with van der Waals surface area (Å²) in [6, 6.07) is 12.9. The van der Waals surface area contributed by atoms with E-state index in [0.717, 1.165) is 42.1 Å². The molecule has 0 fully saturated rings. The lowest BCUT2D eigenvalue weighted by atomic mass is 9.98. The third kappa shape index (κ3) is 3.65. The second-order valence-corrected chi connectivity index (χ2v) is 5.95. The van der Waals surface area contributed by atoms with E-state index in [1.165, 1.54) is 17.7 Å². The molecule has 0 atom stereocenters. The van der Waals surface area contributed by atoms with Gasteiger partial charge in [0.1, 0.15) is 11.6 Å². The lowest BCUT2D eigenvalue weighted by Gasteiger charge is -2.15. The van der Waals surface area contributed by atoms with Gasteiger partial charge in [0.25, 0.3) is 0 Å². The highest BCUT2D eigenvalue weighted by Gasteiger charge is 2.08. The predicted molar refractivity (Wildman–Crippen MR) is 96.6 cm³/mol. The fourth-order valence-corrected chi connectivity index (χ4v) is 2.93. The Hall–Kier alpha value is -2.62. The van der Waals surface area contributed by atoms with Gasteiger partial charge in [0.2, 0.25) is 0 Å². The van der Waals surface area contributed by atoms with Gasteiger partial charge in [0.05, 0.1) is 0 Å². The van der Waals surface area contributed by atoms with Gasteiger partial charge in [-0.2, -0.15) is 0 Å². The number of anilines is 1.